The van der Waals surface area contributed by atoms with Gasteiger partial charge in [-0.05, 0) is 43.9 Å². The second-order valence-corrected chi connectivity index (χ2v) is 8.25. The molecule has 0 radical (unpaired) electrons. The normalized spacial score (nSPS) is 11.5. The summed E-state index contributed by atoms with van der Waals surface area (Å²) in [5.74, 6) is 1.24. The van der Waals surface area contributed by atoms with Crippen LogP contribution in [0.15, 0.2) is 54.6 Å². The van der Waals surface area contributed by atoms with Gasteiger partial charge in [-0.1, -0.05) is 102 Å². The van der Waals surface area contributed by atoms with Crippen LogP contribution in [0.25, 0.3) is 0 Å². The predicted molar refractivity (Wildman–Crippen MR) is 124 cm³/mol. The zero-order chi connectivity index (χ0) is 20.8. The van der Waals surface area contributed by atoms with Gasteiger partial charge < -0.3 is 9.84 Å². The lowest BCUT2D eigenvalue weighted by Gasteiger charge is -2.36. The number of rotatable bonds is 15. The highest BCUT2D eigenvalue weighted by Gasteiger charge is 2.36. The van der Waals surface area contributed by atoms with E-state index >= 15 is 0 Å². The molecule has 0 saturated carbocycles. The van der Waals surface area contributed by atoms with E-state index in [1.54, 1.807) is 6.07 Å². The summed E-state index contributed by atoms with van der Waals surface area (Å²) in [6.07, 6.45) is 14.2. The van der Waals surface area contributed by atoms with Gasteiger partial charge in [-0.25, -0.2) is 0 Å². The van der Waals surface area contributed by atoms with E-state index in [2.05, 4.69) is 19.9 Å². The molecule has 160 valence electrons. The smallest absolute Gasteiger partial charge is 0.138 e. The Bertz CT molecular complexity index is 651. The van der Waals surface area contributed by atoms with Gasteiger partial charge >= 0.3 is 0 Å². The Balaban J connectivity index is 2.24. The van der Waals surface area contributed by atoms with Gasteiger partial charge in [0.15, 0.2) is 0 Å². The quantitative estimate of drug-likeness (QED) is 0.306. The third-order valence-electron chi connectivity index (χ3n) is 5.82. The van der Waals surface area contributed by atoms with Crippen LogP contribution in [0.2, 0.25) is 0 Å². The first-order valence-electron chi connectivity index (χ1n) is 11.7. The summed E-state index contributed by atoms with van der Waals surface area (Å²) in [7, 11) is 0. The second-order valence-electron chi connectivity index (χ2n) is 8.25. The van der Waals surface area contributed by atoms with E-state index in [9.17, 15) is 5.11 Å². The van der Waals surface area contributed by atoms with Crippen LogP contribution in [0, 0.1) is 0 Å². The first-order valence-corrected chi connectivity index (χ1v) is 11.7. The van der Waals surface area contributed by atoms with E-state index in [1.807, 2.05) is 42.5 Å². The van der Waals surface area contributed by atoms with E-state index < -0.39 is 5.60 Å². The Morgan fingerprint density at radius 1 is 0.655 bits per heavy atom. The number of para-hydroxylation sites is 2. The predicted octanol–water partition coefficient (Wildman–Crippen LogP) is 8.39. The molecule has 0 amide bonds. The highest BCUT2D eigenvalue weighted by molar-refractivity contribution is 5.38. The summed E-state index contributed by atoms with van der Waals surface area (Å²) in [5.41, 5.74) is 0.473. The van der Waals surface area contributed by atoms with E-state index in [-0.39, 0.29) is 0 Å². The molecule has 0 atom stereocenters. The van der Waals surface area contributed by atoms with Gasteiger partial charge in [0.05, 0.1) is 0 Å². The van der Waals surface area contributed by atoms with Gasteiger partial charge in [0.1, 0.15) is 17.1 Å². The van der Waals surface area contributed by atoms with Crippen LogP contribution in [0.1, 0.15) is 96.5 Å². The van der Waals surface area contributed by atoms with Crippen LogP contribution in [-0.4, -0.2) is 5.11 Å². The van der Waals surface area contributed by atoms with Crippen molar-refractivity contribution in [1.29, 1.82) is 0 Å². The molecule has 2 heteroatoms. The van der Waals surface area contributed by atoms with E-state index in [0.29, 0.717) is 5.75 Å². The molecule has 0 fully saturated rings. The SMILES string of the molecule is CCCCCCCC(CCCCCCC)(Oc1ccccc1)c1ccccc1O. The van der Waals surface area contributed by atoms with Crippen LogP contribution in [0.3, 0.4) is 0 Å². The van der Waals surface area contributed by atoms with Gasteiger partial charge in [-0.3, -0.25) is 0 Å². The monoisotopic (exact) mass is 396 g/mol. The van der Waals surface area contributed by atoms with Crippen molar-refractivity contribution >= 4 is 0 Å². The standard InChI is InChI=1S/C27H40O2/c1-3-5-7-9-16-22-27(23-17-10-8-6-4-2,25-20-14-15-21-26(25)28)29-24-18-12-11-13-19-24/h11-15,18-21,28H,3-10,16-17,22-23H2,1-2H3. The Morgan fingerprint density at radius 2 is 1.17 bits per heavy atom. The fourth-order valence-electron chi connectivity index (χ4n) is 4.15. The summed E-state index contributed by atoms with van der Waals surface area (Å²) in [6.45, 7) is 4.50. The molecule has 0 heterocycles. The van der Waals surface area contributed by atoms with Crippen molar-refractivity contribution < 1.29 is 9.84 Å². The lowest BCUT2D eigenvalue weighted by Crippen LogP contribution is -2.33. The van der Waals surface area contributed by atoms with Gasteiger partial charge in [-0.2, -0.15) is 0 Å². The molecular formula is C27H40O2. The fourth-order valence-corrected chi connectivity index (χ4v) is 4.15. The zero-order valence-electron chi connectivity index (χ0n) is 18.5. The Hall–Kier alpha value is -1.96. The average Bonchev–Trinajstić information content (AvgIpc) is 2.74. The maximum atomic E-state index is 10.7. The summed E-state index contributed by atoms with van der Waals surface area (Å²) in [4.78, 5) is 0. The van der Waals surface area contributed by atoms with Crippen LogP contribution < -0.4 is 4.74 Å². The van der Waals surface area contributed by atoms with Gasteiger partial charge in [0, 0.05) is 5.56 Å². The third kappa shape index (κ3) is 7.76. The Kier molecular flexibility index (Phi) is 10.7. The molecule has 0 aliphatic heterocycles. The molecule has 2 aromatic carbocycles. The number of benzene rings is 2. The van der Waals surface area contributed by atoms with Crippen LogP contribution in [0.4, 0.5) is 0 Å². The zero-order valence-corrected chi connectivity index (χ0v) is 18.5. The molecular weight excluding hydrogens is 356 g/mol. The first-order chi connectivity index (χ1) is 14.2. The Morgan fingerprint density at radius 3 is 1.72 bits per heavy atom. The van der Waals surface area contributed by atoms with Crippen molar-refractivity contribution in [2.24, 2.45) is 0 Å². The third-order valence-corrected chi connectivity index (χ3v) is 5.82. The molecule has 29 heavy (non-hydrogen) atoms. The van der Waals surface area contributed by atoms with Crippen LogP contribution >= 0.6 is 0 Å². The average molecular weight is 397 g/mol. The highest BCUT2D eigenvalue weighted by Crippen LogP contribution is 2.42. The number of phenols is 1. The lowest BCUT2D eigenvalue weighted by atomic mass is 9.82. The molecule has 1 N–H and O–H groups in total. The van der Waals surface area contributed by atoms with Crippen LogP contribution in [-0.2, 0) is 5.60 Å². The molecule has 0 aromatic heterocycles. The summed E-state index contributed by atoms with van der Waals surface area (Å²) < 4.78 is 6.72. The topological polar surface area (TPSA) is 29.5 Å². The van der Waals surface area contributed by atoms with Crippen molar-refractivity contribution in [1.82, 2.24) is 0 Å². The first kappa shape index (κ1) is 23.3. The number of ether oxygens (including phenoxy) is 1. The van der Waals surface area contributed by atoms with Crippen molar-refractivity contribution in [2.45, 2.75) is 96.5 Å². The maximum absolute atomic E-state index is 10.7. The van der Waals surface area contributed by atoms with E-state index in [1.165, 1.54) is 51.4 Å². The van der Waals surface area contributed by atoms with E-state index in [4.69, 9.17) is 4.74 Å². The minimum atomic E-state index is -0.467. The molecule has 2 aromatic rings. The van der Waals surface area contributed by atoms with Crippen molar-refractivity contribution in [3.63, 3.8) is 0 Å². The molecule has 2 nitrogen and oxygen atoms in total. The Labute approximate surface area is 178 Å². The number of phenolic OH excluding ortho intramolecular Hbond substituents is 1. The van der Waals surface area contributed by atoms with Crippen molar-refractivity contribution in [2.75, 3.05) is 0 Å². The number of hydrogen-bond acceptors (Lipinski definition) is 2. The van der Waals surface area contributed by atoms with Crippen molar-refractivity contribution in [3.05, 3.63) is 60.2 Å². The summed E-state index contributed by atoms with van der Waals surface area (Å²) in [5, 5.41) is 10.7. The minimum Gasteiger partial charge on any atom is -0.508 e. The van der Waals surface area contributed by atoms with Gasteiger partial charge in [0.25, 0.3) is 0 Å². The summed E-state index contributed by atoms with van der Waals surface area (Å²) in [6, 6.07) is 17.9. The molecule has 0 spiro atoms. The maximum Gasteiger partial charge on any atom is 0.138 e. The summed E-state index contributed by atoms with van der Waals surface area (Å²) >= 11 is 0. The molecule has 0 saturated heterocycles. The number of unbranched alkanes of at least 4 members (excludes halogenated alkanes) is 8. The number of hydrogen-bond donors (Lipinski definition) is 1. The molecule has 0 aliphatic rings. The van der Waals surface area contributed by atoms with Gasteiger partial charge in [-0.15, -0.1) is 0 Å². The van der Waals surface area contributed by atoms with Crippen molar-refractivity contribution in [3.8, 4) is 11.5 Å². The molecule has 2 rings (SSSR count). The molecule has 0 bridgehead atoms. The second kappa shape index (κ2) is 13.3. The lowest BCUT2D eigenvalue weighted by molar-refractivity contribution is 0.0388. The highest BCUT2D eigenvalue weighted by atomic mass is 16.5. The van der Waals surface area contributed by atoms with Crippen LogP contribution in [0.5, 0.6) is 11.5 Å². The number of aromatic hydroxyl groups is 1. The fraction of sp³-hybridized carbons (Fsp3) is 0.556. The molecule has 0 unspecified atom stereocenters. The minimum absolute atomic E-state index is 0.352. The largest absolute Gasteiger partial charge is 0.508 e. The molecule has 0 aliphatic carbocycles. The van der Waals surface area contributed by atoms with E-state index in [0.717, 1.165) is 37.0 Å². The van der Waals surface area contributed by atoms with Gasteiger partial charge in [0.2, 0.25) is 0 Å².